The SMILES string of the molecule is O=C(NCCC1CC1)c1ccncc1F. The number of hydrogen-bond donors (Lipinski definition) is 1. The van der Waals surface area contributed by atoms with Crippen LogP contribution in [0.25, 0.3) is 0 Å². The molecule has 3 nitrogen and oxygen atoms in total. The number of hydrogen-bond acceptors (Lipinski definition) is 2. The predicted molar refractivity (Wildman–Crippen MR) is 53.9 cm³/mol. The standard InChI is InChI=1S/C11H13FN2O/c12-10-7-13-5-4-9(10)11(15)14-6-3-8-1-2-8/h4-5,7-8H,1-3,6H2,(H,14,15). The maximum atomic E-state index is 13.1. The second-order valence-electron chi connectivity index (χ2n) is 3.84. The molecule has 1 heterocycles. The minimum absolute atomic E-state index is 0.0702. The smallest absolute Gasteiger partial charge is 0.254 e. The molecular weight excluding hydrogens is 195 g/mol. The van der Waals surface area contributed by atoms with Gasteiger partial charge in [0.2, 0.25) is 0 Å². The average molecular weight is 208 g/mol. The fraction of sp³-hybridized carbons (Fsp3) is 0.455. The van der Waals surface area contributed by atoms with Crippen molar-refractivity contribution >= 4 is 5.91 Å². The van der Waals surface area contributed by atoms with Crippen LogP contribution in [0.15, 0.2) is 18.5 Å². The van der Waals surface area contributed by atoms with Crippen molar-refractivity contribution in [2.45, 2.75) is 19.3 Å². The first kappa shape index (κ1) is 10.1. The minimum atomic E-state index is -0.568. The van der Waals surface area contributed by atoms with E-state index in [0.717, 1.165) is 18.5 Å². The number of carbonyl (C=O) groups excluding carboxylic acids is 1. The first-order valence-corrected chi connectivity index (χ1v) is 5.15. The number of halogens is 1. The summed E-state index contributed by atoms with van der Waals surface area (Å²) in [7, 11) is 0. The second-order valence-corrected chi connectivity index (χ2v) is 3.84. The maximum absolute atomic E-state index is 13.1. The third-order valence-corrected chi connectivity index (χ3v) is 2.55. The predicted octanol–water partition coefficient (Wildman–Crippen LogP) is 1.75. The van der Waals surface area contributed by atoms with Gasteiger partial charge in [0, 0.05) is 12.7 Å². The van der Waals surface area contributed by atoms with Gasteiger partial charge in [0.15, 0.2) is 5.82 Å². The second kappa shape index (κ2) is 4.38. The van der Waals surface area contributed by atoms with Crippen LogP contribution < -0.4 is 5.32 Å². The Morgan fingerprint density at radius 3 is 3.07 bits per heavy atom. The van der Waals surface area contributed by atoms with Gasteiger partial charge in [-0.2, -0.15) is 0 Å². The van der Waals surface area contributed by atoms with Gasteiger partial charge in [-0.05, 0) is 18.4 Å². The molecule has 2 rings (SSSR count). The van der Waals surface area contributed by atoms with E-state index < -0.39 is 5.82 Å². The molecule has 0 aromatic carbocycles. The molecule has 1 fully saturated rings. The molecule has 0 bridgehead atoms. The Labute approximate surface area is 87.7 Å². The molecule has 80 valence electrons. The van der Waals surface area contributed by atoms with Crippen LogP contribution in [0, 0.1) is 11.7 Å². The fourth-order valence-corrected chi connectivity index (χ4v) is 1.45. The molecule has 1 amide bonds. The number of carbonyl (C=O) groups is 1. The summed E-state index contributed by atoms with van der Waals surface area (Å²) in [4.78, 5) is 15.1. The highest BCUT2D eigenvalue weighted by atomic mass is 19.1. The van der Waals surface area contributed by atoms with Crippen LogP contribution >= 0.6 is 0 Å². The molecule has 1 saturated carbocycles. The Morgan fingerprint density at radius 2 is 2.40 bits per heavy atom. The zero-order chi connectivity index (χ0) is 10.7. The molecule has 0 unspecified atom stereocenters. The van der Waals surface area contributed by atoms with Crippen molar-refractivity contribution in [3.63, 3.8) is 0 Å². The van der Waals surface area contributed by atoms with Crippen molar-refractivity contribution in [2.24, 2.45) is 5.92 Å². The molecular formula is C11H13FN2O. The normalized spacial score (nSPS) is 15.0. The summed E-state index contributed by atoms with van der Waals surface area (Å²) in [5, 5.41) is 2.70. The first-order chi connectivity index (χ1) is 7.27. The number of rotatable bonds is 4. The van der Waals surface area contributed by atoms with E-state index in [9.17, 15) is 9.18 Å². The van der Waals surface area contributed by atoms with Crippen LogP contribution in [0.1, 0.15) is 29.6 Å². The number of nitrogens with one attached hydrogen (secondary N) is 1. The summed E-state index contributed by atoms with van der Waals surface area (Å²) in [6, 6.07) is 1.39. The molecule has 0 spiro atoms. The Kier molecular flexibility index (Phi) is 2.94. The molecule has 15 heavy (non-hydrogen) atoms. The molecule has 0 aliphatic heterocycles. The monoisotopic (exact) mass is 208 g/mol. The van der Waals surface area contributed by atoms with E-state index in [1.807, 2.05) is 0 Å². The van der Waals surface area contributed by atoms with E-state index in [0.29, 0.717) is 6.54 Å². The van der Waals surface area contributed by atoms with E-state index >= 15 is 0 Å². The van der Waals surface area contributed by atoms with Crippen molar-refractivity contribution in [2.75, 3.05) is 6.54 Å². The number of nitrogens with zero attached hydrogens (tertiary/aromatic N) is 1. The maximum Gasteiger partial charge on any atom is 0.254 e. The molecule has 0 atom stereocenters. The Bertz CT molecular complexity index is 363. The van der Waals surface area contributed by atoms with Crippen LogP contribution in [0.4, 0.5) is 4.39 Å². The van der Waals surface area contributed by atoms with Gasteiger partial charge in [0.25, 0.3) is 5.91 Å². The summed E-state index contributed by atoms with van der Waals surface area (Å²) in [5.74, 6) is -0.149. The summed E-state index contributed by atoms with van der Waals surface area (Å²) >= 11 is 0. The summed E-state index contributed by atoms with van der Waals surface area (Å²) in [5.41, 5.74) is 0.0702. The van der Waals surface area contributed by atoms with E-state index in [2.05, 4.69) is 10.3 Å². The summed E-state index contributed by atoms with van der Waals surface area (Å²) in [6.45, 7) is 0.630. The van der Waals surface area contributed by atoms with E-state index in [1.54, 1.807) is 0 Å². The molecule has 1 N–H and O–H groups in total. The highest BCUT2D eigenvalue weighted by Crippen LogP contribution is 2.31. The van der Waals surface area contributed by atoms with E-state index in [4.69, 9.17) is 0 Å². The summed E-state index contributed by atoms with van der Waals surface area (Å²) in [6.07, 6.45) is 5.99. The number of amides is 1. The lowest BCUT2D eigenvalue weighted by Crippen LogP contribution is -2.25. The fourth-order valence-electron chi connectivity index (χ4n) is 1.45. The topological polar surface area (TPSA) is 42.0 Å². The molecule has 0 saturated heterocycles. The van der Waals surface area contributed by atoms with Gasteiger partial charge in [-0.1, -0.05) is 12.8 Å². The average Bonchev–Trinajstić information content (AvgIpc) is 3.02. The van der Waals surface area contributed by atoms with Crippen molar-refractivity contribution in [3.05, 3.63) is 29.8 Å². The largest absolute Gasteiger partial charge is 0.352 e. The minimum Gasteiger partial charge on any atom is -0.352 e. The van der Waals surface area contributed by atoms with Crippen LogP contribution in [-0.4, -0.2) is 17.4 Å². The lowest BCUT2D eigenvalue weighted by atomic mass is 10.2. The molecule has 1 aliphatic rings. The summed E-state index contributed by atoms with van der Waals surface area (Å²) < 4.78 is 13.1. The first-order valence-electron chi connectivity index (χ1n) is 5.15. The lowest BCUT2D eigenvalue weighted by molar-refractivity contribution is 0.0948. The van der Waals surface area contributed by atoms with Crippen molar-refractivity contribution < 1.29 is 9.18 Å². The van der Waals surface area contributed by atoms with Gasteiger partial charge in [-0.15, -0.1) is 0 Å². The quantitative estimate of drug-likeness (QED) is 0.819. The van der Waals surface area contributed by atoms with Crippen molar-refractivity contribution in [1.29, 1.82) is 0 Å². The Morgan fingerprint density at radius 1 is 1.60 bits per heavy atom. The van der Waals surface area contributed by atoms with Crippen LogP contribution in [0.3, 0.4) is 0 Å². The highest BCUT2D eigenvalue weighted by Gasteiger charge is 2.21. The molecule has 1 aliphatic carbocycles. The molecule has 0 radical (unpaired) electrons. The van der Waals surface area contributed by atoms with Crippen LogP contribution in [0.2, 0.25) is 0 Å². The van der Waals surface area contributed by atoms with Gasteiger partial charge >= 0.3 is 0 Å². The van der Waals surface area contributed by atoms with Gasteiger partial charge in [0.1, 0.15) is 0 Å². The molecule has 1 aromatic heterocycles. The molecule has 1 aromatic rings. The van der Waals surface area contributed by atoms with E-state index in [-0.39, 0.29) is 11.5 Å². The molecule has 4 heteroatoms. The number of pyridine rings is 1. The highest BCUT2D eigenvalue weighted by molar-refractivity contribution is 5.94. The number of aromatic nitrogens is 1. The zero-order valence-electron chi connectivity index (χ0n) is 8.37. The third-order valence-electron chi connectivity index (χ3n) is 2.55. The Balaban J connectivity index is 1.86. The van der Waals surface area contributed by atoms with Gasteiger partial charge in [-0.25, -0.2) is 4.39 Å². The van der Waals surface area contributed by atoms with Crippen LogP contribution in [-0.2, 0) is 0 Å². The van der Waals surface area contributed by atoms with Gasteiger partial charge in [0.05, 0.1) is 11.8 Å². The van der Waals surface area contributed by atoms with Gasteiger partial charge in [-0.3, -0.25) is 9.78 Å². The van der Waals surface area contributed by atoms with Crippen molar-refractivity contribution in [1.82, 2.24) is 10.3 Å². The lowest BCUT2D eigenvalue weighted by Gasteiger charge is -2.04. The Hall–Kier alpha value is -1.45. The van der Waals surface area contributed by atoms with Crippen molar-refractivity contribution in [3.8, 4) is 0 Å². The third kappa shape index (κ3) is 2.75. The van der Waals surface area contributed by atoms with Crippen LogP contribution in [0.5, 0.6) is 0 Å². The zero-order valence-corrected chi connectivity index (χ0v) is 8.37. The van der Waals surface area contributed by atoms with Gasteiger partial charge < -0.3 is 5.32 Å². The van der Waals surface area contributed by atoms with E-state index in [1.165, 1.54) is 25.1 Å².